The van der Waals surface area contributed by atoms with Crippen molar-refractivity contribution in [2.45, 2.75) is 18.4 Å². The average molecular weight is 478 g/mol. The van der Waals surface area contributed by atoms with Gasteiger partial charge in [0.25, 0.3) is 5.91 Å². The molecule has 1 fully saturated rings. The van der Waals surface area contributed by atoms with Crippen molar-refractivity contribution in [3.8, 4) is 11.5 Å². The zero-order valence-electron chi connectivity index (χ0n) is 18.7. The van der Waals surface area contributed by atoms with Gasteiger partial charge in [-0.05, 0) is 35.0 Å². The SMILES string of the molecule is COC(=O)Oc1cnc2ccc(/C=S3/CC(=O)N=C3N[C@@H]3C[C@H]3c3ccccc3)cc2c1OC. The van der Waals surface area contributed by atoms with Crippen molar-refractivity contribution in [3.05, 3.63) is 65.9 Å². The first kappa shape index (κ1) is 22.1. The summed E-state index contributed by atoms with van der Waals surface area (Å²) in [6.45, 7) is 0. The lowest BCUT2D eigenvalue weighted by Crippen LogP contribution is -2.24. The van der Waals surface area contributed by atoms with Crippen molar-refractivity contribution in [1.29, 1.82) is 0 Å². The van der Waals surface area contributed by atoms with Crippen molar-refractivity contribution in [2.75, 3.05) is 20.0 Å². The van der Waals surface area contributed by atoms with E-state index in [1.54, 1.807) is 0 Å². The van der Waals surface area contributed by atoms with Crippen LogP contribution in [0.2, 0.25) is 0 Å². The van der Waals surface area contributed by atoms with Crippen molar-refractivity contribution in [2.24, 2.45) is 4.99 Å². The fourth-order valence-electron chi connectivity index (χ4n) is 4.01. The number of ether oxygens (including phenoxy) is 3. The van der Waals surface area contributed by atoms with Gasteiger partial charge >= 0.3 is 6.16 Å². The molecule has 9 heteroatoms. The molecule has 0 bridgehead atoms. The Morgan fingerprint density at radius 1 is 1.18 bits per heavy atom. The minimum absolute atomic E-state index is 0.118. The van der Waals surface area contributed by atoms with Crippen LogP contribution in [0.5, 0.6) is 11.5 Å². The van der Waals surface area contributed by atoms with Gasteiger partial charge in [0.05, 0.1) is 31.7 Å². The zero-order chi connectivity index (χ0) is 23.7. The number of rotatable bonds is 5. The standard InChI is InChI=1S/C25H23N3O5S/c1-31-23-18-10-15(8-9-19(18)26-12-21(23)33-25(30)32-2)13-34-14-22(29)28-24(34)27-20-11-17(20)16-6-4-3-5-7-16/h3-10,12-13,17,20H,11,14H2,1-2H3,(H,27,28,29)/t17-,20+,34?/m0/s1. The van der Waals surface area contributed by atoms with Crippen LogP contribution in [-0.2, 0) is 9.53 Å². The van der Waals surface area contributed by atoms with Gasteiger partial charge in [0.1, 0.15) is 0 Å². The molecule has 1 aromatic heterocycles. The third-order valence-corrected chi connectivity index (χ3v) is 7.55. The molecule has 0 spiro atoms. The molecular weight excluding hydrogens is 454 g/mol. The number of carbonyl (C=O) groups is 2. The Hall–Kier alpha value is -3.72. The summed E-state index contributed by atoms with van der Waals surface area (Å²) in [5.41, 5.74) is 2.88. The van der Waals surface area contributed by atoms with E-state index in [9.17, 15) is 9.59 Å². The van der Waals surface area contributed by atoms with E-state index in [1.807, 2.05) is 41.8 Å². The van der Waals surface area contributed by atoms with Crippen LogP contribution < -0.4 is 14.8 Å². The van der Waals surface area contributed by atoms with Crippen LogP contribution >= 0.6 is 10.5 Å². The largest absolute Gasteiger partial charge is 0.513 e. The fraction of sp³-hybridized carbons (Fsp3) is 0.240. The van der Waals surface area contributed by atoms with Crippen LogP contribution in [-0.4, -0.2) is 53.6 Å². The monoisotopic (exact) mass is 477 g/mol. The smallest absolute Gasteiger partial charge is 0.492 e. The summed E-state index contributed by atoms with van der Waals surface area (Å²) < 4.78 is 15.2. The minimum Gasteiger partial charge on any atom is -0.492 e. The summed E-state index contributed by atoms with van der Waals surface area (Å²) in [6, 6.07) is 16.4. The molecule has 2 aromatic carbocycles. The van der Waals surface area contributed by atoms with E-state index in [0.717, 1.165) is 17.2 Å². The van der Waals surface area contributed by atoms with Gasteiger partial charge in [-0.15, -0.1) is 10.5 Å². The van der Waals surface area contributed by atoms with Gasteiger partial charge in [-0.3, -0.25) is 9.78 Å². The van der Waals surface area contributed by atoms with Crippen LogP contribution in [0.3, 0.4) is 0 Å². The topological polar surface area (TPSA) is 99.1 Å². The lowest BCUT2D eigenvalue weighted by Gasteiger charge is -2.12. The predicted octanol–water partition coefficient (Wildman–Crippen LogP) is 3.85. The normalized spacial score (nSPS) is 21.3. The van der Waals surface area contributed by atoms with Crippen LogP contribution in [0.25, 0.3) is 10.9 Å². The maximum Gasteiger partial charge on any atom is 0.513 e. The van der Waals surface area contributed by atoms with Gasteiger partial charge < -0.3 is 19.5 Å². The highest BCUT2D eigenvalue weighted by Crippen LogP contribution is 2.42. The zero-order valence-corrected chi connectivity index (χ0v) is 19.5. The van der Waals surface area contributed by atoms with Gasteiger partial charge in [-0.25, -0.2) is 4.79 Å². The summed E-state index contributed by atoms with van der Waals surface area (Å²) >= 11 is 0. The number of benzene rings is 2. The van der Waals surface area contributed by atoms with E-state index >= 15 is 0 Å². The number of aromatic nitrogens is 1. The molecular formula is C25H23N3O5S. The lowest BCUT2D eigenvalue weighted by molar-refractivity contribution is -0.115. The van der Waals surface area contributed by atoms with Gasteiger partial charge in [0, 0.05) is 17.3 Å². The van der Waals surface area contributed by atoms with Gasteiger partial charge in [-0.2, -0.15) is 4.99 Å². The second-order valence-corrected chi connectivity index (χ2v) is 9.76. The summed E-state index contributed by atoms with van der Waals surface area (Å²) in [5.74, 6) is 1.22. The van der Waals surface area contributed by atoms with Gasteiger partial charge in [0.15, 0.2) is 16.7 Å². The highest BCUT2D eigenvalue weighted by molar-refractivity contribution is 8.28. The van der Waals surface area contributed by atoms with Crippen molar-refractivity contribution >= 4 is 44.0 Å². The number of methoxy groups -OCH3 is 2. The van der Waals surface area contributed by atoms with Crippen LogP contribution in [0.4, 0.5) is 4.79 Å². The molecule has 3 atom stereocenters. The molecule has 1 unspecified atom stereocenters. The lowest BCUT2D eigenvalue weighted by atomic mass is 10.1. The van der Waals surface area contributed by atoms with Crippen molar-refractivity contribution in [3.63, 3.8) is 0 Å². The third-order valence-electron chi connectivity index (χ3n) is 5.73. The van der Waals surface area contributed by atoms with Crippen LogP contribution in [0, 0.1) is 0 Å². The number of amidine groups is 1. The number of carbonyl (C=O) groups excluding carboxylic acids is 2. The van der Waals surface area contributed by atoms with E-state index in [0.29, 0.717) is 28.3 Å². The molecule has 34 heavy (non-hydrogen) atoms. The maximum atomic E-state index is 12.2. The number of fused-ring (bicyclic) bond motifs is 1. The molecule has 2 heterocycles. The van der Waals surface area contributed by atoms with E-state index in [1.165, 1.54) is 26.0 Å². The summed E-state index contributed by atoms with van der Waals surface area (Å²) in [6.07, 6.45) is 1.59. The van der Waals surface area contributed by atoms with Crippen molar-refractivity contribution < 1.29 is 23.8 Å². The Balaban J connectivity index is 1.41. The number of pyridine rings is 1. The number of amides is 1. The molecule has 1 N–H and O–H groups in total. The maximum absolute atomic E-state index is 12.2. The Labute approximate surface area is 198 Å². The molecule has 1 aliphatic heterocycles. The van der Waals surface area contributed by atoms with E-state index in [2.05, 4.69) is 32.2 Å². The summed E-state index contributed by atoms with van der Waals surface area (Å²) in [7, 11) is 2.27. The molecule has 2 aliphatic rings. The number of hydrogen-bond donors (Lipinski definition) is 1. The number of nitrogens with one attached hydrogen (secondary N) is 1. The highest BCUT2D eigenvalue weighted by atomic mass is 32.2. The third kappa shape index (κ3) is 4.51. The van der Waals surface area contributed by atoms with Gasteiger partial charge in [0.2, 0.25) is 0 Å². The molecule has 3 aromatic rings. The first-order chi connectivity index (χ1) is 16.6. The molecule has 8 nitrogen and oxygen atoms in total. The number of nitrogens with zero attached hydrogens (tertiary/aromatic N) is 2. The molecule has 1 saturated carbocycles. The molecule has 0 radical (unpaired) electrons. The molecule has 5 rings (SSSR count). The fourth-order valence-corrected chi connectivity index (χ4v) is 5.67. The first-order valence-electron chi connectivity index (χ1n) is 10.8. The van der Waals surface area contributed by atoms with Crippen LogP contribution in [0.15, 0.2) is 59.7 Å². The molecule has 1 aliphatic carbocycles. The van der Waals surface area contributed by atoms with Crippen LogP contribution in [0.1, 0.15) is 23.5 Å². The Kier molecular flexibility index (Phi) is 6.02. The Morgan fingerprint density at radius 2 is 2.00 bits per heavy atom. The quantitative estimate of drug-likeness (QED) is 0.440. The molecule has 0 saturated heterocycles. The second kappa shape index (κ2) is 9.26. The average Bonchev–Trinajstić information content (AvgIpc) is 3.54. The Bertz CT molecular complexity index is 1340. The summed E-state index contributed by atoms with van der Waals surface area (Å²) in [5, 5.41) is 6.97. The number of hydrogen-bond acceptors (Lipinski definition) is 7. The van der Waals surface area contributed by atoms with E-state index in [-0.39, 0.29) is 17.7 Å². The Morgan fingerprint density at radius 3 is 2.76 bits per heavy atom. The number of aliphatic imine (C=N–C) groups is 1. The first-order valence-corrected chi connectivity index (χ1v) is 12.2. The summed E-state index contributed by atoms with van der Waals surface area (Å²) in [4.78, 5) is 32.3. The molecule has 1 amide bonds. The molecule has 174 valence electrons. The van der Waals surface area contributed by atoms with E-state index in [4.69, 9.17) is 9.47 Å². The van der Waals surface area contributed by atoms with Crippen molar-refractivity contribution in [1.82, 2.24) is 10.3 Å². The highest BCUT2D eigenvalue weighted by Gasteiger charge is 2.40. The predicted molar refractivity (Wildman–Crippen MR) is 132 cm³/mol. The van der Waals surface area contributed by atoms with Gasteiger partial charge in [-0.1, -0.05) is 36.4 Å². The second-order valence-electron chi connectivity index (χ2n) is 7.99. The van der Waals surface area contributed by atoms with E-state index < -0.39 is 16.6 Å². The minimum atomic E-state index is -0.853.